The predicted molar refractivity (Wildman–Crippen MR) is 123 cm³/mol. The van der Waals surface area contributed by atoms with E-state index in [4.69, 9.17) is 11.6 Å². The topological polar surface area (TPSA) is 109 Å². The second-order valence-electron chi connectivity index (χ2n) is 9.44. The zero-order valence-corrected chi connectivity index (χ0v) is 19.6. The number of anilines is 1. The summed E-state index contributed by atoms with van der Waals surface area (Å²) in [6.45, 7) is 0. The van der Waals surface area contributed by atoms with Crippen LogP contribution in [0.25, 0.3) is 0 Å². The first-order valence-electron chi connectivity index (χ1n) is 11.1. The highest BCUT2D eigenvalue weighted by Gasteiger charge is 2.52. The Morgan fingerprint density at radius 3 is 2.68 bits per heavy atom. The molecule has 0 saturated heterocycles. The quantitative estimate of drug-likeness (QED) is 0.587. The van der Waals surface area contributed by atoms with Gasteiger partial charge in [-0.15, -0.1) is 0 Å². The Balaban J connectivity index is 1.34. The summed E-state index contributed by atoms with van der Waals surface area (Å²) in [7, 11) is 3.52. The van der Waals surface area contributed by atoms with Crippen molar-refractivity contribution in [3.8, 4) is 6.07 Å². The Kier molecular flexibility index (Phi) is 5.46. The Morgan fingerprint density at radius 2 is 2.03 bits per heavy atom. The Bertz CT molecular complexity index is 1310. The van der Waals surface area contributed by atoms with Gasteiger partial charge in [0.15, 0.2) is 0 Å². The molecule has 2 saturated carbocycles. The summed E-state index contributed by atoms with van der Waals surface area (Å²) in [6, 6.07) is 6.18. The molecule has 0 bridgehead atoms. The number of rotatable bonds is 4. The molecule has 1 amide bonds. The molecular formula is C24H24ClFN6O2. The van der Waals surface area contributed by atoms with Gasteiger partial charge in [0.2, 0.25) is 0 Å². The number of carbonyl (C=O) groups excluding carboxylic acids is 1. The van der Waals surface area contributed by atoms with E-state index in [0.717, 1.165) is 18.5 Å². The van der Waals surface area contributed by atoms with E-state index in [0.29, 0.717) is 35.5 Å². The van der Waals surface area contributed by atoms with E-state index < -0.39 is 11.4 Å². The first-order valence-corrected chi connectivity index (χ1v) is 11.5. The van der Waals surface area contributed by atoms with Crippen LogP contribution >= 0.6 is 11.6 Å². The van der Waals surface area contributed by atoms with Gasteiger partial charge in [0.25, 0.3) is 5.91 Å². The lowest BCUT2D eigenvalue weighted by molar-refractivity contribution is 0.0260. The molecule has 0 spiro atoms. The van der Waals surface area contributed by atoms with Crippen molar-refractivity contribution < 1.29 is 14.3 Å². The average Bonchev–Trinajstić information content (AvgIpc) is 3.52. The van der Waals surface area contributed by atoms with E-state index >= 15 is 0 Å². The van der Waals surface area contributed by atoms with E-state index in [-0.39, 0.29) is 28.7 Å². The number of carbonyl (C=O) groups is 1. The van der Waals surface area contributed by atoms with Crippen LogP contribution in [0, 0.1) is 29.0 Å². The highest BCUT2D eigenvalue weighted by molar-refractivity contribution is 6.31. The molecule has 5 rings (SSSR count). The number of amides is 1. The van der Waals surface area contributed by atoms with Gasteiger partial charge in [-0.2, -0.15) is 10.4 Å². The summed E-state index contributed by atoms with van der Waals surface area (Å²) in [5.41, 5.74) is 1.50. The van der Waals surface area contributed by atoms with Crippen LogP contribution in [-0.4, -0.2) is 30.3 Å². The van der Waals surface area contributed by atoms with Crippen molar-refractivity contribution in [1.29, 1.82) is 5.26 Å². The molecule has 2 aliphatic rings. The zero-order chi connectivity index (χ0) is 24.2. The minimum Gasteiger partial charge on any atom is -0.383 e. The van der Waals surface area contributed by atoms with Gasteiger partial charge in [-0.3, -0.25) is 9.48 Å². The third kappa shape index (κ3) is 3.67. The highest BCUT2D eigenvalue weighted by atomic mass is 35.5. The van der Waals surface area contributed by atoms with Crippen LogP contribution in [0.4, 0.5) is 10.1 Å². The third-order valence-electron chi connectivity index (χ3n) is 7.29. The maximum absolute atomic E-state index is 13.5. The molecule has 2 atom stereocenters. The Morgan fingerprint density at radius 1 is 1.32 bits per heavy atom. The van der Waals surface area contributed by atoms with E-state index in [1.807, 2.05) is 0 Å². The van der Waals surface area contributed by atoms with Crippen LogP contribution in [0.5, 0.6) is 0 Å². The molecular weight excluding hydrogens is 459 g/mol. The molecule has 34 heavy (non-hydrogen) atoms. The number of hydrogen-bond donors (Lipinski definition) is 2. The predicted octanol–water partition coefficient (Wildman–Crippen LogP) is 3.86. The number of aliphatic hydroxyl groups is 1. The number of hydrogen-bond acceptors (Lipinski definition) is 5. The maximum Gasteiger partial charge on any atom is 0.274 e. The fourth-order valence-corrected chi connectivity index (χ4v) is 6.12. The first-order chi connectivity index (χ1) is 16.2. The summed E-state index contributed by atoms with van der Waals surface area (Å²) in [4.78, 5) is 17.6. The van der Waals surface area contributed by atoms with Crippen LogP contribution in [-0.2, 0) is 19.7 Å². The SMILES string of the molecule is Cn1cnc(C2CC3CC(O)(c4c(C#N)cnn4C)CC3C2)c1C(=O)Nc1ccc(F)c(Cl)c1. The van der Waals surface area contributed by atoms with Crippen LogP contribution in [0.2, 0.25) is 5.02 Å². The summed E-state index contributed by atoms with van der Waals surface area (Å²) < 4.78 is 16.8. The fourth-order valence-electron chi connectivity index (χ4n) is 5.94. The summed E-state index contributed by atoms with van der Waals surface area (Å²) >= 11 is 5.84. The van der Waals surface area contributed by atoms with Gasteiger partial charge in [0, 0.05) is 25.7 Å². The molecule has 176 valence electrons. The van der Waals surface area contributed by atoms with Crippen molar-refractivity contribution in [2.24, 2.45) is 25.9 Å². The van der Waals surface area contributed by atoms with Gasteiger partial charge in [-0.25, -0.2) is 9.37 Å². The number of nitrogens with zero attached hydrogens (tertiary/aromatic N) is 5. The number of benzene rings is 1. The number of nitriles is 1. The molecule has 2 unspecified atom stereocenters. The minimum atomic E-state index is -1.08. The first kappa shape index (κ1) is 22.6. The molecule has 2 N–H and O–H groups in total. The van der Waals surface area contributed by atoms with Gasteiger partial charge >= 0.3 is 0 Å². The average molecular weight is 483 g/mol. The molecule has 1 aromatic carbocycles. The van der Waals surface area contributed by atoms with E-state index in [9.17, 15) is 19.6 Å². The normalized spacial score (nSPS) is 25.8. The van der Waals surface area contributed by atoms with Crippen molar-refractivity contribution >= 4 is 23.2 Å². The van der Waals surface area contributed by atoms with Crippen molar-refractivity contribution in [2.45, 2.75) is 37.2 Å². The molecule has 2 aliphatic carbocycles. The van der Waals surface area contributed by atoms with Crippen LogP contribution in [0.15, 0.2) is 30.7 Å². The van der Waals surface area contributed by atoms with Crippen molar-refractivity contribution in [1.82, 2.24) is 19.3 Å². The van der Waals surface area contributed by atoms with Crippen LogP contribution < -0.4 is 5.32 Å². The van der Waals surface area contributed by atoms with Gasteiger partial charge in [-0.05, 0) is 55.7 Å². The number of imidazole rings is 1. The zero-order valence-electron chi connectivity index (χ0n) is 18.8. The van der Waals surface area contributed by atoms with Crippen molar-refractivity contribution in [2.75, 3.05) is 5.32 Å². The summed E-state index contributed by atoms with van der Waals surface area (Å²) in [5, 5.41) is 27.7. The molecule has 2 heterocycles. The Hall–Kier alpha value is -3.22. The number of halogens is 2. The second-order valence-corrected chi connectivity index (χ2v) is 9.85. The number of aryl methyl sites for hydroxylation is 2. The number of aromatic nitrogens is 4. The Labute approximate surface area is 201 Å². The molecule has 3 aromatic rings. The smallest absolute Gasteiger partial charge is 0.274 e. The second kappa shape index (κ2) is 8.22. The van der Waals surface area contributed by atoms with Crippen LogP contribution in [0.3, 0.4) is 0 Å². The highest BCUT2D eigenvalue weighted by Crippen LogP contribution is 2.57. The lowest BCUT2D eigenvalue weighted by Crippen LogP contribution is -2.27. The van der Waals surface area contributed by atoms with E-state index in [1.165, 1.54) is 24.4 Å². The molecule has 2 fully saturated rings. The van der Waals surface area contributed by atoms with Gasteiger partial charge in [0.05, 0.1) is 34.5 Å². The molecule has 2 aromatic heterocycles. The minimum absolute atomic E-state index is 0.0629. The molecule has 10 heteroatoms. The van der Waals surface area contributed by atoms with Crippen molar-refractivity contribution in [3.63, 3.8) is 0 Å². The monoisotopic (exact) mass is 482 g/mol. The molecule has 8 nitrogen and oxygen atoms in total. The van der Waals surface area contributed by atoms with E-state index in [2.05, 4.69) is 21.5 Å². The third-order valence-corrected chi connectivity index (χ3v) is 7.58. The van der Waals surface area contributed by atoms with E-state index in [1.54, 1.807) is 29.7 Å². The number of fused-ring (bicyclic) bond motifs is 1. The van der Waals surface area contributed by atoms with Crippen molar-refractivity contribution in [3.05, 3.63) is 64.2 Å². The van der Waals surface area contributed by atoms with Gasteiger partial charge in [-0.1, -0.05) is 11.6 Å². The largest absolute Gasteiger partial charge is 0.383 e. The summed E-state index contributed by atoms with van der Waals surface area (Å²) in [6.07, 6.45) is 5.81. The molecule has 0 aliphatic heterocycles. The fraction of sp³-hybridized carbons (Fsp3) is 0.417. The molecule has 0 radical (unpaired) electrons. The maximum atomic E-state index is 13.5. The lowest BCUT2D eigenvalue weighted by atomic mass is 9.88. The van der Waals surface area contributed by atoms with Gasteiger partial charge in [0.1, 0.15) is 23.2 Å². The lowest BCUT2D eigenvalue weighted by Gasteiger charge is -2.25. The number of nitrogens with one attached hydrogen (secondary N) is 1. The summed E-state index contributed by atoms with van der Waals surface area (Å²) in [5.74, 6) is -0.290. The standard InChI is InChI=1S/C24H24ClFN6O2/c1-31-12-28-20(21(31)23(33)30-17-3-4-19(26)18(25)7-17)13-5-14-8-24(34,9-15(14)6-13)22-16(10-27)11-29-32(22)2/h3-4,7,11-15,34H,5-6,8-9H2,1-2H3,(H,30,33). The van der Waals surface area contributed by atoms with Crippen LogP contribution in [0.1, 0.15) is 59.0 Å². The van der Waals surface area contributed by atoms with Gasteiger partial charge < -0.3 is 15.0 Å².